The quantitative estimate of drug-likeness (QED) is 0.714. The lowest BCUT2D eigenvalue weighted by Gasteiger charge is -2.09. The number of benzene rings is 1. The number of halogens is 2. The highest BCUT2D eigenvalue weighted by molar-refractivity contribution is 9.10. The van der Waals surface area contributed by atoms with E-state index in [0.29, 0.717) is 5.28 Å². The second kappa shape index (κ2) is 4.90. The van der Waals surface area contributed by atoms with Crippen molar-refractivity contribution < 1.29 is 0 Å². The third-order valence-electron chi connectivity index (χ3n) is 2.90. The van der Waals surface area contributed by atoms with Crippen molar-refractivity contribution in [1.29, 1.82) is 0 Å². The molecule has 1 aromatic carbocycles. The molecule has 0 aliphatic heterocycles. The number of nitrogens with zero attached hydrogens (tertiary/aromatic N) is 4. The van der Waals surface area contributed by atoms with Gasteiger partial charge in [0.1, 0.15) is 5.82 Å². The highest BCUT2D eigenvalue weighted by atomic mass is 79.9. The number of hydrogen-bond donors (Lipinski definition) is 0. The molecule has 0 unspecified atom stereocenters. The Morgan fingerprint density at radius 2 is 2.16 bits per heavy atom. The van der Waals surface area contributed by atoms with Gasteiger partial charge < -0.3 is 0 Å². The van der Waals surface area contributed by atoms with Crippen LogP contribution in [0.2, 0.25) is 5.28 Å². The molecule has 0 saturated heterocycles. The maximum atomic E-state index is 6.14. The van der Waals surface area contributed by atoms with Gasteiger partial charge in [-0.25, -0.2) is 0 Å². The number of fused-ring (bicyclic) bond motifs is 1. The van der Waals surface area contributed by atoms with Crippen LogP contribution < -0.4 is 0 Å². The van der Waals surface area contributed by atoms with Crippen LogP contribution in [0.4, 0.5) is 0 Å². The monoisotopic (exact) mass is 336 g/mol. The van der Waals surface area contributed by atoms with Gasteiger partial charge in [-0.15, -0.1) is 10.2 Å². The topological polar surface area (TPSA) is 43.6 Å². The zero-order valence-electron chi connectivity index (χ0n) is 10.1. The molecule has 0 saturated carbocycles. The standard InChI is InChI=1S/C13H10BrClN4/c1-2-11-17-18-13(15)19(11)10-5-3-4-8-6-9(14)7-16-12(8)10/h3-7H,2H2,1H3. The molecule has 0 amide bonds. The molecule has 4 nitrogen and oxygen atoms in total. The number of aromatic nitrogens is 4. The molecule has 19 heavy (non-hydrogen) atoms. The Morgan fingerprint density at radius 1 is 1.32 bits per heavy atom. The van der Waals surface area contributed by atoms with Gasteiger partial charge in [0.25, 0.3) is 0 Å². The van der Waals surface area contributed by atoms with E-state index >= 15 is 0 Å². The van der Waals surface area contributed by atoms with Crippen LogP contribution in [0.3, 0.4) is 0 Å². The van der Waals surface area contributed by atoms with Crippen LogP contribution in [-0.2, 0) is 6.42 Å². The summed E-state index contributed by atoms with van der Waals surface area (Å²) in [5, 5.41) is 9.40. The van der Waals surface area contributed by atoms with Crippen molar-refractivity contribution in [3.63, 3.8) is 0 Å². The van der Waals surface area contributed by atoms with Crippen LogP contribution in [0.25, 0.3) is 16.6 Å². The fraction of sp³-hybridized carbons (Fsp3) is 0.154. The van der Waals surface area contributed by atoms with Crippen molar-refractivity contribution in [3.8, 4) is 5.69 Å². The molecule has 0 atom stereocenters. The Kier molecular flexibility index (Phi) is 3.24. The molecule has 0 aliphatic rings. The van der Waals surface area contributed by atoms with Gasteiger partial charge >= 0.3 is 0 Å². The van der Waals surface area contributed by atoms with Gasteiger partial charge in [-0.3, -0.25) is 9.55 Å². The first-order valence-electron chi connectivity index (χ1n) is 5.85. The Morgan fingerprint density at radius 3 is 2.95 bits per heavy atom. The summed E-state index contributed by atoms with van der Waals surface area (Å²) in [6.45, 7) is 2.02. The largest absolute Gasteiger partial charge is 0.268 e. The van der Waals surface area contributed by atoms with Crippen LogP contribution in [-0.4, -0.2) is 19.7 Å². The molecule has 96 valence electrons. The van der Waals surface area contributed by atoms with Gasteiger partial charge in [0.15, 0.2) is 0 Å². The number of rotatable bonds is 2. The second-order valence-electron chi connectivity index (χ2n) is 4.08. The van der Waals surface area contributed by atoms with E-state index < -0.39 is 0 Å². The molecular weight excluding hydrogens is 328 g/mol. The van der Waals surface area contributed by atoms with E-state index in [4.69, 9.17) is 11.6 Å². The van der Waals surface area contributed by atoms with E-state index in [0.717, 1.165) is 33.3 Å². The maximum absolute atomic E-state index is 6.14. The van der Waals surface area contributed by atoms with Crippen molar-refractivity contribution in [1.82, 2.24) is 19.7 Å². The Bertz CT molecular complexity index is 753. The first kappa shape index (κ1) is 12.6. The normalized spacial score (nSPS) is 11.1. The molecule has 0 fully saturated rings. The molecule has 3 rings (SSSR count). The van der Waals surface area contributed by atoms with E-state index in [-0.39, 0.29) is 0 Å². The average molecular weight is 338 g/mol. The summed E-state index contributed by atoms with van der Waals surface area (Å²) in [4.78, 5) is 4.47. The zero-order valence-corrected chi connectivity index (χ0v) is 12.5. The first-order chi connectivity index (χ1) is 9.20. The summed E-state index contributed by atoms with van der Waals surface area (Å²) >= 11 is 9.57. The summed E-state index contributed by atoms with van der Waals surface area (Å²) in [6.07, 6.45) is 2.53. The molecule has 0 spiro atoms. The van der Waals surface area contributed by atoms with Crippen LogP contribution in [0.5, 0.6) is 0 Å². The Hall–Kier alpha value is -1.46. The van der Waals surface area contributed by atoms with Crippen LogP contribution in [0, 0.1) is 0 Å². The van der Waals surface area contributed by atoms with Gasteiger partial charge in [0.05, 0.1) is 11.2 Å². The van der Waals surface area contributed by atoms with E-state index in [2.05, 4.69) is 31.1 Å². The van der Waals surface area contributed by atoms with Gasteiger partial charge in [0.2, 0.25) is 5.28 Å². The predicted molar refractivity (Wildman–Crippen MR) is 78.7 cm³/mol. The summed E-state index contributed by atoms with van der Waals surface area (Å²) < 4.78 is 2.79. The Labute approximate surface area is 123 Å². The van der Waals surface area contributed by atoms with E-state index in [9.17, 15) is 0 Å². The SMILES string of the molecule is CCc1nnc(Cl)n1-c1cccc2cc(Br)cnc12. The first-order valence-corrected chi connectivity index (χ1v) is 7.02. The molecule has 2 heterocycles. The summed E-state index contributed by atoms with van der Waals surface area (Å²) in [5.41, 5.74) is 1.78. The third kappa shape index (κ3) is 2.13. The van der Waals surface area contributed by atoms with Gasteiger partial charge in [0, 0.05) is 22.5 Å². The summed E-state index contributed by atoms with van der Waals surface area (Å²) in [6, 6.07) is 7.98. The van der Waals surface area contributed by atoms with Gasteiger partial charge in [-0.05, 0) is 39.7 Å². The molecule has 0 bridgehead atoms. The van der Waals surface area contributed by atoms with Crippen LogP contribution in [0.1, 0.15) is 12.7 Å². The average Bonchev–Trinajstić information content (AvgIpc) is 2.78. The number of para-hydroxylation sites is 1. The second-order valence-corrected chi connectivity index (χ2v) is 5.33. The van der Waals surface area contributed by atoms with E-state index in [1.54, 1.807) is 6.20 Å². The zero-order chi connectivity index (χ0) is 13.4. The van der Waals surface area contributed by atoms with E-state index in [1.165, 1.54) is 0 Å². The highest BCUT2D eigenvalue weighted by Crippen LogP contribution is 2.26. The number of pyridine rings is 1. The molecule has 0 radical (unpaired) electrons. The molecule has 0 N–H and O–H groups in total. The molecule has 3 aromatic rings. The van der Waals surface area contributed by atoms with E-state index in [1.807, 2.05) is 35.8 Å². The lowest BCUT2D eigenvalue weighted by atomic mass is 10.2. The van der Waals surface area contributed by atoms with Crippen molar-refractivity contribution in [2.75, 3.05) is 0 Å². The van der Waals surface area contributed by atoms with Crippen LogP contribution in [0.15, 0.2) is 34.9 Å². The maximum Gasteiger partial charge on any atom is 0.229 e. The predicted octanol–water partition coefficient (Wildman–Crippen LogP) is 3.79. The molecule has 0 aliphatic carbocycles. The Balaban J connectivity index is 2.33. The minimum absolute atomic E-state index is 0.356. The summed E-state index contributed by atoms with van der Waals surface area (Å²) in [7, 11) is 0. The fourth-order valence-corrected chi connectivity index (χ4v) is 2.64. The van der Waals surface area contributed by atoms with Crippen LogP contribution >= 0.6 is 27.5 Å². The minimum Gasteiger partial charge on any atom is -0.268 e. The summed E-state index contributed by atoms with van der Waals surface area (Å²) in [5.74, 6) is 0.821. The van der Waals surface area contributed by atoms with Crippen molar-refractivity contribution in [2.45, 2.75) is 13.3 Å². The molecular formula is C13H10BrClN4. The number of aryl methyl sites for hydroxylation is 1. The fourth-order valence-electron chi connectivity index (χ4n) is 2.06. The van der Waals surface area contributed by atoms with Gasteiger partial charge in [-0.2, -0.15) is 0 Å². The number of hydrogen-bond acceptors (Lipinski definition) is 3. The lowest BCUT2D eigenvalue weighted by Crippen LogP contribution is -2.02. The smallest absolute Gasteiger partial charge is 0.229 e. The lowest BCUT2D eigenvalue weighted by molar-refractivity contribution is 0.885. The molecule has 2 aromatic heterocycles. The van der Waals surface area contributed by atoms with Crippen molar-refractivity contribution in [2.24, 2.45) is 0 Å². The van der Waals surface area contributed by atoms with Crippen molar-refractivity contribution >= 4 is 38.4 Å². The van der Waals surface area contributed by atoms with Crippen molar-refractivity contribution in [3.05, 3.63) is 46.0 Å². The minimum atomic E-state index is 0.356. The highest BCUT2D eigenvalue weighted by Gasteiger charge is 2.13. The van der Waals surface area contributed by atoms with Gasteiger partial charge in [-0.1, -0.05) is 19.1 Å². The third-order valence-corrected chi connectivity index (χ3v) is 3.58. The molecule has 6 heteroatoms.